The minimum Gasteiger partial charge on any atom is -0.353 e. The zero-order chi connectivity index (χ0) is 20.7. The molecule has 30 heavy (non-hydrogen) atoms. The molecule has 0 bridgehead atoms. The summed E-state index contributed by atoms with van der Waals surface area (Å²) in [5, 5.41) is 3.10. The molecule has 1 saturated carbocycles. The number of amides is 1. The molecule has 0 unspecified atom stereocenters. The highest BCUT2D eigenvalue weighted by Gasteiger charge is 2.30. The lowest BCUT2D eigenvalue weighted by atomic mass is 10.2. The molecular weight excluding hydrogens is 401 g/mol. The van der Waals surface area contributed by atoms with Gasteiger partial charge < -0.3 is 10.2 Å². The van der Waals surface area contributed by atoms with Gasteiger partial charge in [0.25, 0.3) is 0 Å². The lowest BCUT2D eigenvalue weighted by Crippen LogP contribution is -2.54. The van der Waals surface area contributed by atoms with Gasteiger partial charge in [-0.2, -0.15) is 0 Å². The summed E-state index contributed by atoms with van der Waals surface area (Å²) in [6, 6.07) is 8.87. The molecule has 1 atom stereocenters. The van der Waals surface area contributed by atoms with Crippen LogP contribution in [-0.4, -0.2) is 59.0 Å². The molecule has 3 heterocycles. The first-order chi connectivity index (χ1) is 14.6. The van der Waals surface area contributed by atoms with Crippen molar-refractivity contribution in [2.45, 2.75) is 31.8 Å². The highest BCUT2D eigenvalue weighted by atomic mass is 32.1. The van der Waals surface area contributed by atoms with Crippen LogP contribution in [0.2, 0.25) is 0 Å². The van der Waals surface area contributed by atoms with Crippen molar-refractivity contribution in [1.29, 1.82) is 0 Å². The van der Waals surface area contributed by atoms with E-state index in [1.165, 1.54) is 12.1 Å². The third kappa shape index (κ3) is 3.89. The fourth-order valence-corrected chi connectivity index (χ4v) is 4.99. The van der Waals surface area contributed by atoms with Crippen LogP contribution in [0.25, 0.3) is 20.7 Å². The number of fused-ring (bicyclic) bond motifs is 1. The van der Waals surface area contributed by atoms with Crippen LogP contribution in [0.15, 0.2) is 36.7 Å². The average molecular weight is 426 g/mol. The maximum absolute atomic E-state index is 13.3. The molecule has 1 aliphatic heterocycles. The number of nitrogens with zero attached hydrogens (tertiary/aromatic N) is 4. The van der Waals surface area contributed by atoms with Crippen LogP contribution < -0.4 is 10.2 Å². The highest BCUT2D eigenvalue weighted by molar-refractivity contribution is 7.22. The van der Waals surface area contributed by atoms with Gasteiger partial charge in [0.05, 0.1) is 16.3 Å². The van der Waals surface area contributed by atoms with Crippen LogP contribution in [-0.2, 0) is 4.79 Å². The van der Waals surface area contributed by atoms with Gasteiger partial charge in [-0.25, -0.2) is 14.4 Å². The summed E-state index contributed by atoms with van der Waals surface area (Å²) < 4.78 is 14.3. The molecule has 1 aliphatic carbocycles. The number of carbonyl (C=O) groups excluding carboxylic acids is 1. The summed E-state index contributed by atoms with van der Waals surface area (Å²) in [5.74, 6) is 0.837. The van der Waals surface area contributed by atoms with Crippen molar-refractivity contribution >= 4 is 33.3 Å². The number of halogens is 1. The number of aromatic nitrogens is 2. The van der Waals surface area contributed by atoms with E-state index in [1.54, 1.807) is 29.8 Å². The molecule has 5 rings (SSSR count). The number of rotatable bonds is 5. The predicted octanol–water partition coefficient (Wildman–Crippen LogP) is 3.29. The van der Waals surface area contributed by atoms with Crippen LogP contribution in [0, 0.1) is 5.82 Å². The zero-order valence-corrected chi connectivity index (χ0v) is 17.7. The van der Waals surface area contributed by atoms with Crippen LogP contribution in [0.5, 0.6) is 0 Å². The van der Waals surface area contributed by atoms with Gasteiger partial charge in [0.15, 0.2) is 0 Å². The second-order valence-electron chi connectivity index (χ2n) is 8.01. The second-order valence-corrected chi connectivity index (χ2v) is 9.06. The maximum atomic E-state index is 13.3. The Balaban J connectivity index is 1.31. The molecule has 1 N–H and O–H groups in total. The van der Waals surface area contributed by atoms with Gasteiger partial charge in [-0.1, -0.05) is 12.1 Å². The summed E-state index contributed by atoms with van der Waals surface area (Å²) in [6.07, 6.45) is 3.82. The van der Waals surface area contributed by atoms with Crippen molar-refractivity contribution in [3.05, 3.63) is 42.5 Å². The number of thiophene rings is 1. The second kappa shape index (κ2) is 7.92. The zero-order valence-electron chi connectivity index (χ0n) is 16.8. The minimum atomic E-state index is -0.238. The molecule has 0 radical (unpaired) electrons. The van der Waals surface area contributed by atoms with E-state index in [9.17, 15) is 9.18 Å². The Morgan fingerprint density at radius 2 is 1.90 bits per heavy atom. The van der Waals surface area contributed by atoms with Crippen LogP contribution in [0.3, 0.4) is 0 Å². The van der Waals surface area contributed by atoms with Gasteiger partial charge >= 0.3 is 0 Å². The molecule has 1 saturated heterocycles. The summed E-state index contributed by atoms with van der Waals surface area (Å²) >= 11 is 1.64. The first-order valence-electron chi connectivity index (χ1n) is 10.4. The van der Waals surface area contributed by atoms with E-state index in [-0.39, 0.29) is 17.8 Å². The van der Waals surface area contributed by atoms with E-state index in [2.05, 4.69) is 25.1 Å². The standard InChI is InChI=1S/C22H24FN5OS/c1-14(22(29)26-17-6-7-17)27-8-10-28(11-9-27)21-20-18(24-13-25-21)12-19(30-20)15-2-4-16(23)5-3-15/h2-5,12-14,17H,6-11H2,1H3,(H,26,29)/t14-/m1/s1. The van der Waals surface area contributed by atoms with Gasteiger partial charge in [-0.3, -0.25) is 9.69 Å². The van der Waals surface area contributed by atoms with Crippen molar-refractivity contribution < 1.29 is 9.18 Å². The fourth-order valence-electron chi connectivity index (χ4n) is 3.86. The third-order valence-electron chi connectivity index (χ3n) is 5.89. The number of benzene rings is 1. The summed E-state index contributed by atoms with van der Waals surface area (Å²) in [6.45, 7) is 5.26. The van der Waals surface area contributed by atoms with Crippen molar-refractivity contribution in [3.63, 3.8) is 0 Å². The predicted molar refractivity (Wildman–Crippen MR) is 117 cm³/mol. The van der Waals surface area contributed by atoms with Crippen molar-refractivity contribution in [2.75, 3.05) is 31.1 Å². The lowest BCUT2D eigenvalue weighted by Gasteiger charge is -2.38. The fraction of sp³-hybridized carbons (Fsp3) is 0.409. The van der Waals surface area contributed by atoms with Gasteiger partial charge in [-0.05, 0) is 43.5 Å². The number of piperazine rings is 1. The quantitative estimate of drug-likeness (QED) is 0.680. The topological polar surface area (TPSA) is 61.4 Å². The molecule has 2 aliphatic rings. The number of nitrogens with one attached hydrogen (secondary N) is 1. The molecule has 156 valence electrons. The van der Waals surface area contributed by atoms with Gasteiger partial charge in [0, 0.05) is 37.1 Å². The molecule has 2 aromatic heterocycles. The van der Waals surface area contributed by atoms with E-state index < -0.39 is 0 Å². The molecule has 3 aromatic rings. The number of anilines is 1. The number of carbonyl (C=O) groups is 1. The van der Waals surface area contributed by atoms with E-state index in [1.807, 2.05) is 13.0 Å². The van der Waals surface area contributed by atoms with E-state index in [4.69, 9.17) is 0 Å². The smallest absolute Gasteiger partial charge is 0.237 e. The number of hydrogen-bond donors (Lipinski definition) is 1. The van der Waals surface area contributed by atoms with E-state index in [0.717, 1.165) is 65.5 Å². The van der Waals surface area contributed by atoms with Crippen LogP contribution in [0.4, 0.5) is 10.2 Å². The Labute approximate surface area is 178 Å². The van der Waals surface area contributed by atoms with Gasteiger partial charge in [0.1, 0.15) is 18.0 Å². The lowest BCUT2D eigenvalue weighted by molar-refractivity contribution is -0.126. The van der Waals surface area contributed by atoms with Gasteiger partial charge in [0.2, 0.25) is 5.91 Å². The summed E-state index contributed by atoms with van der Waals surface area (Å²) in [4.78, 5) is 26.9. The average Bonchev–Trinajstić information content (AvgIpc) is 3.47. The van der Waals surface area contributed by atoms with Crippen molar-refractivity contribution in [1.82, 2.24) is 20.2 Å². The van der Waals surface area contributed by atoms with E-state index in [0.29, 0.717) is 6.04 Å². The largest absolute Gasteiger partial charge is 0.353 e. The monoisotopic (exact) mass is 425 g/mol. The molecular formula is C22H24FN5OS. The Morgan fingerprint density at radius 1 is 1.17 bits per heavy atom. The van der Waals surface area contributed by atoms with E-state index >= 15 is 0 Å². The first kappa shape index (κ1) is 19.4. The Hall–Kier alpha value is -2.58. The third-order valence-corrected chi connectivity index (χ3v) is 7.06. The maximum Gasteiger partial charge on any atom is 0.237 e. The molecule has 1 aromatic carbocycles. The SMILES string of the molecule is C[C@H](C(=O)NC1CC1)N1CCN(c2ncnc3cc(-c4ccc(F)cc4)sc23)CC1. The molecule has 1 amide bonds. The van der Waals surface area contributed by atoms with Crippen LogP contribution in [0.1, 0.15) is 19.8 Å². The van der Waals surface area contributed by atoms with Crippen molar-refractivity contribution in [2.24, 2.45) is 0 Å². The van der Waals surface area contributed by atoms with Gasteiger partial charge in [-0.15, -0.1) is 11.3 Å². The summed E-state index contributed by atoms with van der Waals surface area (Å²) in [7, 11) is 0. The highest BCUT2D eigenvalue weighted by Crippen LogP contribution is 2.37. The minimum absolute atomic E-state index is 0.106. The Bertz CT molecular complexity index is 1060. The molecule has 8 heteroatoms. The molecule has 0 spiro atoms. The normalized spacial score (nSPS) is 18.5. The summed E-state index contributed by atoms with van der Waals surface area (Å²) in [5.41, 5.74) is 1.88. The Kier molecular flexibility index (Phi) is 5.12. The Morgan fingerprint density at radius 3 is 2.60 bits per heavy atom. The van der Waals surface area contributed by atoms with Crippen molar-refractivity contribution in [3.8, 4) is 10.4 Å². The molecule has 6 nitrogen and oxygen atoms in total. The molecule has 2 fully saturated rings. The first-order valence-corrected chi connectivity index (χ1v) is 11.2. The number of hydrogen-bond acceptors (Lipinski definition) is 6. The van der Waals surface area contributed by atoms with Crippen LogP contribution >= 0.6 is 11.3 Å².